The summed E-state index contributed by atoms with van der Waals surface area (Å²) in [6.45, 7) is 5.50. The Bertz CT molecular complexity index is 854. The van der Waals surface area contributed by atoms with E-state index in [0.29, 0.717) is 12.2 Å². The summed E-state index contributed by atoms with van der Waals surface area (Å²) in [5.74, 6) is 0.514. The first-order valence-corrected chi connectivity index (χ1v) is 10.9. The fourth-order valence-corrected chi connectivity index (χ4v) is 4.01. The third-order valence-corrected chi connectivity index (χ3v) is 5.84. The van der Waals surface area contributed by atoms with Crippen molar-refractivity contribution in [1.29, 1.82) is 0 Å². The molecule has 1 aliphatic rings. The van der Waals surface area contributed by atoms with E-state index in [1.807, 2.05) is 49.4 Å². The normalized spacial score (nSPS) is 18.6. The molecule has 0 spiro atoms. The maximum Gasteiger partial charge on any atom is 0.337 e. The predicted molar refractivity (Wildman–Crippen MR) is 120 cm³/mol. The van der Waals surface area contributed by atoms with Crippen molar-refractivity contribution in [2.45, 2.75) is 51.2 Å². The lowest BCUT2D eigenvalue weighted by molar-refractivity contribution is -0.129. The van der Waals surface area contributed by atoms with Crippen LogP contribution in [0.3, 0.4) is 0 Å². The van der Waals surface area contributed by atoms with Crippen molar-refractivity contribution in [1.82, 2.24) is 10.2 Å². The summed E-state index contributed by atoms with van der Waals surface area (Å²) in [5.41, 5.74) is 1.44. The number of methoxy groups -OCH3 is 1. The third kappa shape index (κ3) is 6.07. The number of carbonyl (C=O) groups excluding carboxylic acids is 2. The molecule has 1 saturated heterocycles. The number of hydrogen-bond acceptors (Lipinski definition) is 5. The maximum atomic E-state index is 13.1. The van der Waals surface area contributed by atoms with Crippen molar-refractivity contribution in [3.8, 4) is 5.75 Å². The number of hydrogen-bond donors (Lipinski definition) is 1. The monoisotopic (exact) mass is 424 g/mol. The number of rotatable bonds is 8. The van der Waals surface area contributed by atoms with Gasteiger partial charge in [0.15, 0.2) is 0 Å². The summed E-state index contributed by atoms with van der Waals surface area (Å²) in [4.78, 5) is 27.0. The molecule has 0 bridgehead atoms. The van der Waals surface area contributed by atoms with Crippen LogP contribution < -0.4 is 10.1 Å². The molecule has 3 rings (SSSR count). The highest BCUT2D eigenvalue weighted by Crippen LogP contribution is 2.22. The summed E-state index contributed by atoms with van der Waals surface area (Å²) >= 11 is 0. The molecule has 0 saturated carbocycles. The molecule has 1 unspecified atom stereocenters. The summed E-state index contributed by atoms with van der Waals surface area (Å²) in [6.07, 6.45) is 2.97. The van der Waals surface area contributed by atoms with E-state index in [1.165, 1.54) is 7.11 Å². The summed E-state index contributed by atoms with van der Waals surface area (Å²) in [6, 6.07) is 16.7. The minimum Gasteiger partial charge on any atom is -0.492 e. The van der Waals surface area contributed by atoms with Crippen LogP contribution >= 0.6 is 0 Å². The van der Waals surface area contributed by atoms with Gasteiger partial charge >= 0.3 is 5.97 Å². The SMILES string of the molecule is COC(=O)c1ccc([C@H](C)NC(=O)[C@H]2CCCCN2C(C)COc2ccccc2)cc1. The standard InChI is InChI=1S/C25H32N2O4/c1-18(17-31-22-9-5-4-6-10-22)27-16-8-7-11-23(27)24(28)26-19(2)20-12-14-21(15-13-20)25(29)30-3/h4-6,9-10,12-15,18-19,23H,7-8,11,16-17H2,1-3H3,(H,26,28)/t18?,19-,23+/m0/s1. The number of nitrogens with zero attached hydrogens (tertiary/aromatic N) is 1. The van der Waals surface area contributed by atoms with Crippen LogP contribution in [0.15, 0.2) is 54.6 Å². The van der Waals surface area contributed by atoms with Gasteiger partial charge in [0.2, 0.25) is 5.91 Å². The Morgan fingerprint density at radius 1 is 1.06 bits per heavy atom. The first-order chi connectivity index (χ1) is 15.0. The molecular formula is C25H32N2O4. The van der Waals surface area contributed by atoms with E-state index in [9.17, 15) is 9.59 Å². The van der Waals surface area contributed by atoms with E-state index >= 15 is 0 Å². The summed E-state index contributed by atoms with van der Waals surface area (Å²) in [5, 5.41) is 3.15. The van der Waals surface area contributed by atoms with Crippen LogP contribution in [0, 0.1) is 0 Å². The van der Waals surface area contributed by atoms with Gasteiger partial charge in [0, 0.05) is 6.04 Å². The fourth-order valence-electron chi connectivity index (χ4n) is 4.01. The van der Waals surface area contributed by atoms with Crippen molar-refractivity contribution >= 4 is 11.9 Å². The molecule has 0 aliphatic carbocycles. The minimum absolute atomic E-state index is 0.0378. The molecule has 2 aromatic rings. The number of ether oxygens (including phenoxy) is 2. The van der Waals surface area contributed by atoms with Gasteiger partial charge in [-0.1, -0.05) is 36.8 Å². The van der Waals surface area contributed by atoms with Crippen molar-refractivity contribution < 1.29 is 19.1 Å². The molecule has 1 N–H and O–H groups in total. The largest absolute Gasteiger partial charge is 0.492 e. The lowest BCUT2D eigenvalue weighted by Gasteiger charge is -2.39. The second-order valence-corrected chi connectivity index (χ2v) is 8.07. The molecule has 1 amide bonds. The molecule has 1 fully saturated rings. The van der Waals surface area contributed by atoms with Crippen LogP contribution in [-0.2, 0) is 9.53 Å². The lowest BCUT2D eigenvalue weighted by Crippen LogP contribution is -2.54. The van der Waals surface area contributed by atoms with Crippen LogP contribution in [0.25, 0.3) is 0 Å². The number of nitrogens with one attached hydrogen (secondary N) is 1. The predicted octanol–water partition coefficient (Wildman–Crippen LogP) is 3.97. The number of likely N-dealkylation sites (tertiary alicyclic amines) is 1. The van der Waals surface area contributed by atoms with Crippen LogP contribution in [0.1, 0.15) is 55.1 Å². The molecule has 1 heterocycles. The van der Waals surface area contributed by atoms with Gasteiger partial charge in [0.25, 0.3) is 0 Å². The van der Waals surface area contributed by atoms with E-state index in [0.717, 1.165) is 37.1 Å². The van der Waals surface area contributed by atoms with E-state index in [4.69, 9.17) is 9.47 Å². The Kier molecular flexibility index (Phi) is 8.06. The van der Waals surface area contributed by atoms with Gasteiger partial charge in [-0.05, 0) is 63.1 Å². The zero-order valence-electron chi connectivity index (χ0n) is 18.5. The van der Waals surface area contributed by atoms with Crippen LogP contribution in [-0.4, -0.2) is 49.1 Å². The first kappa shape index (κ1) is 22.8. The van der Waals surface area contributed by atoms with E-state index in [-0.39, 0.29) is 30.0 Å². The minimum atomic E-state index is -0.368. The van der Waals surface area contributed by atoms with Crippen molar-refractivity contribution in [2.24, 2.45) is 0 Å². The van der Waals surface area contributed by atoms with Crippen molar-refractivity contribution in [2.75, 3.05) is 20.3 Å². The quantitative estimate of drug-likeness (QED) is 0.650. The fraction of sp³-hybridized carbons (Fsp3) is 0.440. The summed E-state index contributed by atoms with van der Waals surface area (Å²) < 4.78 is 10.7. The molecule has 0 radical (unpaired) electrons. The van der Waals surface area contributed by atoms with E-state index < -0.39 is 0 Å². The molecule has 6 heteroatoms. The van der Waals surface area contributed by atoms with Crippen LogP contribution in [0.5, 0.6) is 5.75 Å². The average molecular weight is 425 g/mol. The molecule has 1 aliphatic heterocycles. The zero-order chi connectivity index (χ0) is 22.2. The van der Waals surface area contributed by atoms with Gasteiger partial charge < -0.3 is 14.8 Å². The van der Waals surface area contributed by atoms with Gasteiger partial charge in [-0.3, -0.25) is 9.69 Å². The number of amides is 1. The first-order valence-electron chi connectivity index (χ1n) is 10.9. The highest BCUT2D eigenvalue weighted by atomic mass is 16.5. The molecule has 2 aromatic carbocycles. The number of para-hydroxylation sites is 1. The Labute approximate surface area is 184 Å². The molecular weight excluding hydrogens is 392 g/mol. The highest BCUT2D eigenvalue weighted by molar-refractivity contribution is 5.89. The number of piperidine rings is 1. The molecule has 31 heavy (non-hydrogen) atoms. The Hall–Kier alpha value is -2.86. The van der Waals surface area contributed by atoms with Gasteiger partial charge in [0.05, 0.1) is 24.8 Å². The van der Waals surface area contributed by atoms with Gasteiger partial charge in [-0.15, -0.1) is 0 Å². The number of carbonyl (C=O) groups is 2. The average Bonchev–Trinajstić information content (AvgIpc) is 2.82. The van der Waals surface area contributed by atoms with Crippen molar-refractivity contribution in [3.05, 3.63) is 65.7 Å². The molecule has 6 nitrogen and oxygen atoms in total. The van der Waals surface area contributed by atoms with Crippen molar-refractivity contribution in [3.63, 3.8) is 0 Å². The number of esters is 1. The third-order valence-electron chi connectivity index (χ3n) is 5.84. The van der Waals surface area contributed by atoms with Gasteiger partial charge in [-0.2, -0.15) is 0 Å². The Morgan fingerprint density at radius 3 is 2.45 bits per heavy atom. The molecule has 0 aromatic heterocycles. The second-order valence-electron chi connectivity index (χ2n) is 8.07. The number of benzene rings is 2. The van der Waals surface area contributed by atoms with E-state index in [2.05, 4.69) is 17.1 Å². The van der Waals surface area contributed by atoms with E-state index in [1.54, 1.807) is 12.1 Å². The zero-order valence-corrected chi connectivity index (χ0v) is 18.5. The lowest BCUT2D eigenvalue weighted by atomic mass is 9.98. The van der Waals surface area contributed by atoms with Crippen LogP contribution in [0.2, 0.25) is 0 Å². The second kappa shape index (κ2) is 11.0. The summed E-state index contributed by atoms with van der Waals surface area (Å²) in [7, 11) is 1.36. The smallest absolute Gasteiger partial charge is 0.337 e. The van der Waals surface area contributed by atoms with Gasteiger partial charge in [-0.25, -0.2) is 4.79 Å². The molecule has 166 valence electrons. The van der Waals surface area contributed by atoms with Crippen LogP contribution in [0.4, 0.5) is 0 Å². The highest BCUT2D eigenvalue weighted by Gasteiger charge is 2.32. The van der Waals surface area contributed by atoms with Gasteiger partial charge in [0.1, 0.15) is 12.4 Å². The Balaban J connectivity index is 1.59. The molecule has 3 atom stereocenters. The topological polar surface area (TPSA) is 67.9 Å². The maximum absolute atomic E-state index is 13.1. The Morgan fingerprint density at radius 2 is 1.77 bits per heavy atom.